The average molecular weight is 333 g/mol. The van der Waals surface area contributed by atoms with Crippen LogP contribution in [0, 0.1) is 6.92 Å². The van der Waals surface area contributed by atoms with Gasteiger partial charge >= 0.3 is 11.9 Å². The molecule has 0 saturated heterocycles. The molecule has 0 aliphatic rings. The Labute approximate surface area is 137 Å². The smallest absolute Gasteiger partial charge is 0.339 e. The van der Waals surface area contributed by atoms with Gasteiger partial charge in [0.15, 0.2) is 0 Å². The Balaban J connectivity index is 2.41. The summed E-state index contributed by atoms with van der Waals surface area (Å²) in [6, 6.07) is 6.06. The Bertz CT molecular complexity index is 766. The number of nitrogens with one attached hydrogen (secondary N) is 1. The summed E-state index contributed by atoms with van der Waals surface area (Å²) >= 11 is 1.29. The fourth-order valence-electron chi connectivity index (χ4n) is 1.96. The van der Waals surface area contributed by atoms with Crippen LogP contribution in [-0.2, 0) is 9.47 Å². The summed E-state index contributed by atoms with van der Waals surface area (Å²) in [5.74, 6) is -1.53. The lowest BCUT2D eigenvalue weighted by molar-refractivity contribution is 0.0587. The van der Waals surface area contributed by atoms with Crippen LogP contribution in [0.25, 0.3) is 0 Å². The zero-order chi connectivity index (χ0) is 17.0. The first-order valence-corrected chi connectivity index (χ1v) is 7.52. The number of thiophene rings is 1. The van der Waals surface area contributed by atoms with Gasteiger partial charge in [0.25, 0.3) is 5.91 Å². The lowest BCUT2D eigenvalue weighted by Crippen LogP contribution is -2.16. The van der Waals surface area contributed by atoms with E-state index in [0.717, 1.165) is 5.56 Å². The third kappa shape index (κ3) is 3.57. The van der Waals surface area contributed by atoms with Crippen LogP contribution in [0.1, 0.15) is 36.0 Å². The molecule has 1 heterocycles. The third-order valence-electron chi connectivity index (χ3n) is 3.16. The summed E-state index contributed by atoms with van der Waals surface area (Å²) in [6.45, 7) is 1.82. The molecule has 0 unspecified atom stereocenters. The van der Waals surface area contributed by atoms with Crippen molar-refractivity contribution in [3.8, 4) is 0 Å². The molecule has 1 aromatic heterocycles. The number of methoxy groups -OCH3 is 2. The third-order valence-corrected chi connectivity index (χ3v) is 4.18. The number of ether oxygens (including phenoxy) is 2. The first-order valence-electron chi connectivity index (χ1n) is 6.64. The molecule has 23 heavy (non-hydrogen) atoms. The van der Waals surface area contributed by atoms with E-state index >= 15 is 0 Å². The van der Waals surface area contributed by atoms with Crippen molar-refractivity contribution >= 4 is 34.9 Å². The van der Waals surface area contributed by atoms with Gasteiger partial charge < -0.3 is 14.8 Å². The second-order valence-electron chi connectivity index (χ2n) is 4.63. The summed E-state index contributed by atoms with van der Waals surface area (Å²) in [6.07, 6.45) is 0. The fourth-order valence-corrected chi connectivity index (χ4v) is 2.79. The fraction of sp³-hybridized carbons (Fsp3) is 0.188. The number of carbonyl (C=O) groups excluding carboxylic acids is 3. The van der Waals surface area contributed by atoms with Crippen LogP contribution in [0.3, 0.4) is 0 Å². The molecule has 0 atom stereocenters. The van der Waals surface area contributed by atoms with Crippen molar-refractivity contribution in [3.63, 3.8) is 0 Å². The van der Waals surface area contributed by atoms with Crippen LogP contribution >= 0.6 is 11.3 Å². The lowest BCUT2D eigenvalue weighted by atomic mass is 10.1. The molecule has 120 valence electrons. The maximum absolute atomic E-state index is 12.3. The number of esters is 2. The van der Waals surface area contributed by atoms with E-state index in [1.54, 1.807) is 5.38 Å². The maximum atomic E-state index is 12.3. The average Bonchev–Trinajstić information content (AvgIpc) is 2.99. The van der Waals surface area contributed by atoms with E-state index in [-0.39, 0.29) is 22.7 Å². The molecule has 0 bridgehead atoms. The number of benzene rings is 1. The number of rotatable bonds is 4. The van der Waals surface area contributed by atoms with Gasteiger partial charge in [-0.3, -0.25) is 4.79 Å². The maximum Gasteiger partial charge on any atom is 0.339 e. The van der Waals surface area contributed by atoms with Crippen LogP contribution in [-0.4, -0.2) is 32.1 Å². The van der Waals surface area contributed by atoms with Crippen molar-refractivity contribution in [2.75, 3.05) is 19.5 Å². The van der Waals surface area contributed by atoms with Crippen LogP contribution < -0.4 is 5.32 Å². The number of amides is 1. The van der Waals surface area contributed by atoms with Gasteiger partial charge in [-0.1, -0.05) is 0 Å². The van der Waals surface area contributed by atoms with E-state index in [2.05, 4.69) is 10.1 Å². The molecule has 0 radical (unpaired) electrons. The highest BCUT2D eigenvalue weighted by atomic mass is 32.1. The van der Waals surface area contributed by atoms with E-state index in [0.29, 0.717) is 4.88 Å². The van der Waals surface area contributed by atoms with Gasteiger partial charge in [-0.25, -0.2) is 9.59 Å². The molecule has 0 saturated carbocycles. The van der Waals surface area contributed by atoms with Crippen molar-refractivity contribution in [1.29, 1.82) is 0 Å². The number of anilines is 1. The number of aryl methyl sites for hydroxylation is 1. The van der Waals surface area contributed by atoms with Crippen LogP contribution in [0.2, 0.25) is 0 Å². The Morgan fingerprint density at radius 2 is 1.74 bits per heavy atom. The summed E-state index contributed by atoms with van der Waals surface area (Å²) in [4.78, 5) is 36.3. The predicted molar refractivity (Wildman–Crippen MR) is 86.1 cm³/mol. The molecule has 1 amide bonds. The van der Waals surface area contributed by atoms with Crippen molar-refractivity contribution in [2.45, 2.75) is 6.92 Å². The van der Waals surface area contributed by atoms with Gasteiger partial charge in [0.1, 0.15) is 0 Å². The summed E-state index contributed by atoms with van der Waals surface area (Å²) < 4.78 is 9.34. The monoisotopic (exact) mass is 333 g/mol. The molecule has 0 aliphatic carbocycles. The highest BCUT2D eigenvalue weighted by Gasteiger charge is 2.19. The second-order valence-corrected chi connectivity index (χ2v) is 5.55. The first-order chi connectivity index (χ1) is 11.0. The topological polar surface area (TPSA) is 81.7 Å². The predicted octanol–water partition coefficient (Wildman–Crippen LogP) is 2.88. The molecule has 0 aliphatic heterocycles. The summed E-state index contributed by atoms with van der Waals surface area (Å²) in [5.41, 5.74) is 1.40. The van der Waals surface area contributed by atoms with E-state index < -0.39 is 11.9 Å². The van der Waals surface area contributed by atoms with E-state index in [4.69, 9.17) is 4.74 Å². The van der Waals surface area contributed by atoms with Gasteiger partial charge in [-0.2, -0.15) is 0 Å². The molecular weight excluding hydrogens is 318 g/mol. The first kappa shape index (κ1) is 16.7. The van der Waals surface area contributed by atoms with Gasteiger partial charge in [0, 0.05) is 0 Å². The van der Waals surface area contributed by atoms with E-state index in [1.807, 2.05) is 13.0 Å². The molecule has 6 nitrogen and oxygen atoms in total. The molecule has 2 aromatic rings. The molecule has 0 spiro atoms. The van der Waals surface area contributed by atoms with Crippen molar-refractivity contribution in [3.05, 3.63) is 51.2 Å². The second kappa shape index (κ2) is 7.06. The minimum absolute atomic E-state index is 0.155. The molecule has 1 N–H and O–H groups in total. The van der Waals surface area contributed by atoms with Crippen molar-refractivity contribution < 1.29 is 23.9 Å². The number of hydrogen-bond acceptors (Lipinski definition) is 6. The SMILES string of the molecule is COC(=O)c1ccc(C(=O)OC)c(NC(=O)c2sccc2C)c1. The van der Waals surface area contributed by atoms with Crippen molar-refractivity contribution in [2.24, 2.45) is 0 Å². The number of hydrogen-bond donors (Lipinski definition) is 1. The quantitative estimate of drug-likeness (QED) is 0.870. The zero-order valence-corrected chi connectivity index (χ0v) is 13.7. The van der Waals surface area contributed by atoms with Gasteiger partial charge in [-0.05, 0) is 42.1 Å². The highest BCUT2D eigenvalue weighted by Crippen LogP contribution is 2.23. The number of carbonyl (C=O) groups is 3. The van der Waals surface area contributed by atoms with Crippen LogP contribution in [0.5, 0.6) is 0 Å². The Morgan fingerprint density at radius 3 is 2.30 bits per heavy atom. The minimum Gasteiger partial charge on any atom is -0.465 e. The largest absolute Gasteiger partial charge is 0.465 e. The molecular formula is C16H15NO5S. The van der Waals surface area contributed by atoms with Crippen LogP contribution in [0.4, 0.5) is 5.69 Å². The van der Waals surface area contributed by atoms with E-state index in [9.17, 15) is 14.4 Å². The Morgan fingerprint density at radius 1 is 1.04 bits per heavy atom. The molecule has 1 aromatic carbocycles. The minimum atomic E-state index is -0.611. The van der Waals surface area contributed by atoms with Gasteiger partial charge in [0.2, 0.25) is 0 Å². The standard InChI is InChI=1S/C16H15NO5S/c1-9-6-7-23-13(9)14(18)17-12-8-10(15(19)21-2)4-5-11(12)16(20)22-3/h4-8H,1-3H3,(H,17,18). The van der Waals surface area contributed by atoms with Crippen molar-refractivity contribution in [1.82, 2.24) is 0 Å². The van der Waals surface area contributed by atoms with Crippen LogP contribution in [0.15, 0.2) is 29.6 Å². The highest BCUT2D eigenvalue weighted by molar-refractivity contribution is 7.12. The summed E-state index contributed by atoms with van der Waals surface area (Å²) in [7, 11) is 2.50. The molecule has 7 heteroatoms. The van der Waals surface area contributed by atoms with Gasteiger partial charge in [0.05, 0.1) is 35.9 Å². The van der Waals surface area contributed by atoms with Gasteiger partial charge in [-0.15, -0.1) is 11.3 Å². The molecule has 2 rings (SSSR count). The molecule has 0 fully saturated rings. The normalized spacial score (nSPS) is 10.0. The Kier molecular flexibility index (Phi) is 5.13. The Hall–Kier alpha value is -2.67. The van der Waals surface area contributed by atoms with E-state index in [1.165, 1.54) is 43.8 Å². The summed E-state index contributed by atoms with van der Waals surface area (Å²) in [5, 5.41) is 4.45. The lowest BCUT2D eigenvalue weighted by Gasteiger charge is -2.11. The zero-order valence-electron chi connectivity index (χ0n) is 12.8.